The monoisotopic (exact) mass is 501 g/mol. The van der Waals surface area contributed by atoms with Crippen LogP contribution in [0.25, 0.3) is 11.3 Å². The van der Waals surface area contributed by atoms with Gasteiger partial charge in [-0.15, -0.1) is 0 Å². The fraction of sp³-hybridized carbons (Fsp3) is 0.286. The topological polar surface area (TPSA) is 125 Å². The number of aromatic nitrogens is 1. The van der Waals surface area contributed by atoms with E-state index in [1.807, 2.05) is 7.05 Å². The fourth-order valence-electron chi connectivity index (χ4n) is 3.36. The largest absolute Gasteiger partial charge is 0.444 e. The Morgan fingerprint density at radius 1 is 1.03 bits per heavy atom. The van der Waals surface area contributed by atoms with Crippen molar-refractivity contribution < 1.29 is 19.1 Å². The van der Waals surface area contributed by atoms with Crippen LogP contribution in [0.15, 0.2) is 60.8 Å². The molecule has 0 bridgehead atoms. The number of carbonyl (C=O) groups excluding carboxylic acids is 2. The second kappa shape index (κ2) is 12.6. The Kier molecular flexibility index (Phi) is 9.33. The van der Waals surface area contributed by atoms with Crippen molar-refractivity contribution in [2.45, 2.75) is 33.0 Å². The van der Waals surface area contributed by atoms with Gasteiger partial charge in [0.25, 0.3) is 5.91 Å². The molecule has 0 saturated carbocycles. The average Bonchev–Trinajstić information content (AvgIpc) is 2.86. The SMILES string of the molecule is CNCCOCc1cnc(-c2ccc(C(=O)Nc3ccccc3NC(=O)OC(C)(C)C)cc2)c(C#N)c1. The number of anilines is 2. The van der Waals surface area contributed by atoms with Gasteiger partial charge in [-0.1, -0.05) is 24.3 Å². The maximum atomic E-state index is 12.9. The minimum Gasteiger partial charge on any atom is -0.444 e. The van der Waals surface area contributed by atoms with Crippen molar-refractivity contribution in [3.63, 3.8) is 0 Å². The molecule has 3 rings (SSSR count). The average molecular weight is 502 g/mol. The quantitative estimate of drug-likeness (QED) is 0.354. The van der Waals surface area contributed by atoms with Crippen molar-refractivity contribution in [2.24, 2.45) is 0 Å². The van der Waals surface area contributed by atoms with Crippen LogP contribution in [0.4, 0.5) is 16.2 Å². The van der Waals surface area contributed by atoms with Gasteiger partial charge in [0.2, 0.25) is 0 Å². The Balaban J connectivity index is 1.70. The molecular weight excluding hydrogens is 470 g/mol. The fourth-order valence-corrected chi connectivity index (χ4v) is 3.36. The van der Waals surface area contributed by atoms with E-state index in [4.69, 9.17) is 9.47 Å². The number of carbonyl (C=O) groups is 2. The third kappa shape index (κ3) is 8.14. The number of nitrogens with one attached hydrogen (secondary N) is 3. The highest BCUT2D eigenvalue weighted by Crippen LogP contribution is 2.25. The zero-order chi connectivity index (χ0) is 26.8. The number of hydrogen-bond acceptors (Lipinski definition) is 7. The number of nitriles is 1. The van der Waals surface area contributed by atoms with Crippen LogP contribution in [0, 0.1) is 11.3 Å². The number of hydrogen-bond donors (Lipinski definition) is 3. The number of amides is 2. The standard InChI is InChI=1S/C28H31N5O4/c1-28(2,3)37-27(35)33-24-8-6-5-7-23(24)32-26(34)21-11-9-20(10-12-21)25-22(16-29)15-19(17-31-25)18-36-14-13-30-4/h5-12,15,17,30H,13-14,18H2,1-4H3,(H,32,34)(H,33,35). The molecule has 0 aliphatic heterocycles. The summed E-state index contributed by atoms with van der Waals surface area (Å²) in [7, 11) is 1.85. The summed E-state index contributed by atoms with van der Waals surface area (Å²) in [6.45, 7) is 6.98. The van der Waals surface area contributed by atoms with Gasteiger partial charge in [-0.3, -0.25) is 15.1 Å². The van der Waals surface area contributed by atoms with Crippen LogP contribution in [0.1, 0.15) is 42.3 Å². The summed E-state index contributed by atoms with van der Waals surface area (Å²) < 4.78 is 10.9. The zero-order valence-electron chi connectivity index (χ0n) is 21.4. The lowest BCUT2D eigenvalue weighted by molar-refractivity contribution is 0.0635. The smallest absolute Gasteiger partial charge is 0.412 e. The molecule has 3 N–H and O–H groups in total. The van der Waals surface area contributed by atoms with Crippen molar-refractivity contribution in [1.82, 2.24) is 10.3 Å². The van der Waals surface area contributed by atoms with Gasteiger partial charge in [-0.05, 0) is 63.7 Å². The second-order valence-corrected chi connectivity index (χ2v) is 9.21. The van der Waals surface area contributed by atoms with Crippen LogP contribution in [-0.4, -0.2) is 42.8 Å². The lowest BCUT2D eigenvalue weighted by Gasteiger charge is -2.20. The molecule has 0 saturated heterocycles. The van der Waals surface area contributed by atoms with Gasteiger partial charge in [0.1, 0.15) is 11.7 Å². The number of likely N-dealkylation sites (N-methyl/N-ethyl adjacent to an activating group) is 1. The van der Waals surface area contributed by atoms with Crippen LogP contribution in [0.5, 0.6) is 0 Å². The van der Waals surface area contributed by atoms with E-state index in [1.54, 1.807) is 81.6 Å². The first kappa shape index (κ1) is 27.3. The molecule has 2 amide bonds. The molecule has 0 aliphatic rings. The summed E-state index contributed by atoms with van der Waals surface area (Å²) >= 11 is 0. The van der Waals surface area contributed by atoms with Crippen LogP contribution in [-0.2, 0) is 16.1 Å². The Labute approximate surface area is 216 Å². The minimum absolute atomic E-state index is 0.354. The molecule has 1 heterocycles. The first-order valence-corrected chi connectivity index (χ1v) is 11.8. The van der Waals surface area contributed by atoms with Gasteiger partial charge in [0.15, 0.2) is 0 Å². The molecule has 0 radical (unpaired) electrons. The molecule has 0 spiro atoms. The molecule has 0 unspecified atom stereocenters. The van der Waals surface area contributed by atoms with Crippen molar-refractivity contribution in [1.29, 1.82) is 5.26 Å². The van der Waals surface area contributed by atoms with Crippen LogP contribution >= 0.6 is 0 Å². The number of para-hydroxylation sites is 2. The van der Waals surface area contributed by atoms with Crippen LogP contribution < -0.4 is 16.0 Å². The summed E-state index contributed by atoms with van der Waals surface area (Å²) in [5.41, 5.74) is 3.08. The summed E-state index contributed by atoms with van der Waals surface area (Å²) in [5, 5.41) is 18.1. The summed E-state index contributed by atoms with van der Waals surface area (Å²) in [6, 6.07) is 17.6. The summed E-state index contributed by atoms with van der Waals surface area (Å²) in [4.78, 5) is 29.5. The molecule has 192 valence electrons. The molecule has 9 nitrogen and oxygen atoms in total. The summed E-state index contributed by atoms with van der Waals surface area (Å²) in [6.07, 6.45) is 1.07. The van der Waals surface area contributed by atoms with Gasteiger partial charge < -0.3 is 20.1 Å². The number of rotatable bonds is 9. The van der Waals surface area contributed by atoms with E-state index in [9.17, 15) is 14.9 Å². The lowest BCUT2D eigenvalue weighted by atomic mass is 10.0. The van der Waals surface area contributed by atoms with Crippen molar-refractivity contribution in [3.05, 3.63) is 77.5 Å². The first-order valence-electron chi connectivity index (χ1n) is 11.8. The van der Waals surface area contributed by atoms with Crippen molar-refractivity contribution in [2.75, 3.05) is 30.8 Å². The Bertz CT molecular complexity index is 1280. The van der Waals surface area contributed by atoms with E-state index in [2.05, 4.69) is 27.0 Å². The molecular formula is C28H31N5O4. The van der Waals surface area contributed by atoms with Crippen molar-refractivity contribution >= 4 is 23.4 Å². The van der Waals surface area contributed by atoms with Crippen LogP contribution in [0.3, 0.4) is 0 Å². The predicted molar refractivity (Wildman–Crippen MR) is 142 cm³/mol. The normalized spacial score (nSPS) is 10.9. The molecule has 0 atom stereocenters. The van der Waals surface area contributed by atoms with Gasteiger partial charge in [-0.2, -0.15) is 5.26 Å². The summed E-state index contributed by atoms with van der Waals surface area (Å²) in [5.74, 6) is -0.354. The second-order valence-electron chi connectivity index (χ2n) is 9.21. The minimum atomic E-state index is -0.648. The first-order chi connectivity index (χ1) is 17.7. The number of ether oxygens (including phenoxy) is 2. The molecule has 3 aromatic rings. The van der Waals surface area contributed by atoms with Crippen molar-refractivity contribution in [3.8, 4) is 17.3 Å². The van der Waals surface area contributed by atoms with E-state index in [0.29, 0.717) is 47.0 Å². The van der Waals surface area contributed by atoms with Gasteiger partial charge in [-0.25, -0.2) is 4.79 Å². The highest BCUT2D eigenvalue weighted by molar-refractivity contribution is 6.07. The molecule has 37 heavy (non-hydrogen) atoms. The van der Waals surface area contributed by atoms with E-state index >= 15 is 0 Å². The number of pyridine rings is 1. The maximum Gasteiger partial charge on any atom is 0.412 e. The maximum absolute atomic E-state index is 12.9. The molecule has 2 aromatic carbocycles. The Morgan fingerprint density at radius 3 is 2.32 bits per heavy atom. The Hall–Kier alpha value is -4.26. The van der Waals surface area contributed by atoms with Gasteiger partial charge in [0.05, 0.1) is 35.8 Å². The lowest BCUT2D eigenvalue weighted by Crippen LogP contribution is -2.27. The third-order valence-corrected chi connectivity index (χ3v) is 5.06. The highest BCUT2D eigenvalue weighted by Gasteiger charge is 2.18. The molecule has 9 heteroatoms. The third-order valence-electron chi connectivity index (χ3n) is 5.06. The predicted octanol–water partition coefficient (Wildman–Crippen LogP) is 4.96. The highest BCUT2D eigenvalue weighted by atomic mass is 16.6. The van der Waals surface area contributed by atoms with Gasteiger partial charge in [0, 0.05) is 23.9 Å². The van der Waals surface area contributed by atoms with E-state index in [-0.39, 0.29) is 5.91 Å². The van der Waals surface area contributed by atoms with Gasteiger partial charge >= 0.3 is 6.09 Å². The van der Waals surface area contributed by atoms with E-state index < -0.39 is 11.7 Å². The Morgan fingerprint density at radius 2 is 1.70 bits per heavy atom. The molecule has 0 aliphatic carbocycles. The molecule has 0 fully saturated rings. The zero-order valence-corrected chi connectivity index (χ0v) is 21.4. The molecule has 1 aromatic heterocycles. The number of benzene rings is 2. The van der Waals surface area contributed by atoms with E-state index in [1.165, 1.54) is 0 Å². The number of nitrogens with zero attached hydrogens (tertiary/aromatic N) is 2. The van der Waals surface area contributed by atoms with Crippen LogP contribution in [0.2, 0.25) is 0 Å². The van der Waals surface area contributed by atoms with E-state index in [0.717, 1.165) is 12.1 Å².